The van der Waals surface area contributed by atoms with Crippen LogP contribution in [0.15, 0.2) is 41.4 Å². The molecule has 1 aliphatic heterocycles. The van der Waals surface area contributed by atoms with Crippen LogP contribution in [0.3, 0.4) is 0 Å². The Balaban J connectivity index is 0.00000220. The van der Waals surface area contributed by atoms with E-state index in [9.17, 15) is 0 Å². The van der Waals surface area contributed by atoms with Gasteiger partial charge in [0, 0.05) is 0 Å². The second kappa shape index (κ2) is 5.00. The molecule has 0 unspecified atom stereocenters. The maximum atomic E-state index is 2.72. The summed E-state index contributed by atoms with van der Waals surface area (Å²) in [5.41, 5.74) is 3.19. The molecule has 2 rings (SSSR count). The molecule has 0 bridgehead atoms. The smallest absolute Gasteiger partial charge is 0.147 e. The average Bonchev–Trinajstić information content (AvgIpc) is 2.83. The van der Waals surface area contributed by atoms with Crippen molar-refractivity contribution in [3.8, 4) is 0 Å². The van der Waals surface area contributed by atoms with Gasteiger partial charge in [0.25, 0.3) is 0 Å². The Bertz CT molecular complexity index is 623. The first-order valence-corrected chi connectivity index (χ1v) is 29.9. The summed E-state index contributed by atoms with van der Waals surface area (Å²) in [5, 5.41) is 0. The van der Waals surface area contributed by atoms with E-state index in [1.807, 2.05) is 0 Å². The number of rotatable bonds is 2. The molecular weight excluding hydrogens is 453 g/mol. The molecule has 0 saturated carbocycles. The molecule has 2 aliphatic rings. The SMILES string of the molecule is CC1=C(C)[As]([Zr]([CH3])([CH3])([CH3])([CH3])([CH3])[C]2=CC=CC2)C(C)=C1C.Cl.Cl. The Hall–Kier alpha value is 0.982. The molecule has 129 valence electrons. The van der Waals surface area contributed by atoms with Crippen LogP contribution in [0.1, 0.15) is 34.1 Å². The summed E-state index contributed by atoms with van der Waals surface area (Å²) in [4.78, 5) is 0. The van der Waals surface area contributed by atoms with Gasteiger partial charge in [-0.15, -0.1) is 24.8 Å². The van der Waals surface area contributed by atoms with E-state index in [4.69, 9.17) is 0 Å². The van der Waals surface area contributed by atoms with Crippen LogP contribution >= 0.6 is 24.8 Å². The van der Waals surface area contributed by atoms with Crippen molar-refractivity contribution in [2.24, 2.45) is 0 Å². The molecule has 0 aromatic rings. The Labute approximate surface area is 146 Å². The van der Waals surface area contributed by atoms with Gasteiger partial charge >= 0.3 is 123 Å². The summed E-state index contributed by atoms with van der Waals surface area (Å²) >= 11 is -3.88. The summed E-state index contributed by atoms with van der Waals surface area (Å²) in [6.45, 7) is 9.57. The van der Waals surface area contributed by atoms with Crippen molar-refractivity contribution in [1.29, 1.82) is 0 Å². The quantitative estimate of drug-likeness (QED) is 0.355. The fraction of sp³-hybridized carbons (Fsp3) is 0.556. The molecule has 0 fully saturated rings. The molecule has 4 heteroatoms. The molecule has 0 saturated heterocycles. The Kier molecular flexibility index (Phi) is 5.23. The summed E-state index contributed by atoms with van der Waals surface area (Å²) in [5.74, 6) is 0. The third-order valence-corrected chi connectivity index (χ3v) is 68.5. The zero-order chi connectivity index (χ0) is 15.7. The number of halogens is 2. The fourth-order valence-electron chi connectivity index (χ4n) is 4.58. The van der Waals surface area contributed by atoms with Gasteiger partial charge in [0.1, 0.15) is 0 Å². The van der Waals surface area contributed by atoms with Crippen molar-refractivity contribution in [1.82, 2.24) is 0 Å². The van der Waals surface area contributed by atoms with Crippen LogP contribution < -0.4 is 0 Å². The molecular formula is C18H34AsCl2Zr. The molecule has 1 aliphatic carbocycles. The van der Waals surface area contributed by atoms with Gasteiger partial charge < -0.3 is 0 Å². The van der Waals surface area contributed by atoms with E-state index in [1.165, 1.54) is 6.42 Å². The van der Waals surface area contributed by atoms with Crippen LogP contribution in [0.2, 0.25) is 23.2 Å². The summed E-state index contributed by atoms with van der Waals surface area (Å²) < 4.78 is 18.9. The number of hydrogen-bond donors (Lipinski definition) is 0. The maximum Gasteiger partial charge on any atom is -0.147 e. The topological polar surface area (TPSA) is 0 Å². The molecule has 0 N–H and O–H groups in total. The van der Waals surface area contributed by atoms with Crippen molar-refractivity contribution in [3.05, 3.63) is 41.4 Å². The summed E-state index contributed by atoms with van der Waals surface area (Å²) in [6.07, 6.45) is 8.28. The van der Waals surface area contributed by atoms with Gasteiger partial charge in [0.15, 0.2) is 0 Å². The van der Waals surface area contributed by atoms with Gasteiger partial charge in [-0.3, -0.25) is 0 Å². The Morgan fingerprint density at radius 1 is 0.818 bits per heavy atom. The predicted molar refractivity (Wildman–Crippen MR) is 108 cm³/mol. The second-order valence-corrected chi connectivity index (χ2v) is 90.4. The average molecular weight is 488 g/mol. The molecule has 0 amide bonds. The summed E-state index contributed by atoms with van der Waals surface area (Å²) in [6, 6.07) is 0. The van der Waals surface area contributed by atoms with Gasteiger partial charge in [0.2, 0.25) is 0 Å². The van der Waals surface area contributed by atoms with Crippen LogP contribution in [0.4, 0.5) is 0 Å². The van der Waals surface area contributed by atoms with E-state index in [0.29, 0.717) is 0 Å². The van der Waals surface area contributed by atoms with Crippen LogP contribution in [0.5, 0.6) is 0 Å². The minimum absolute atomic E-state index is 0. The van der Waals surface area contributed by atoms with Crippen molar-refractivity contribution in [2.45, 2.75) is 57.3 Å². The first-order valence-electron chi connectivity index (χ1n) is 7.89. The first kappa shape index (κ1) is 23.0. The zero-order valence-electron chi connectivity index (χ0n) is 15.7. The molecule has 0 aromatic carbocycles. The summed E-state index contributed by atoms with van der Waals surface area (Å²) in [7, 11) is -1.24. The van der Waals surface area contributed by atoms with Crippen LogP contribution in [-0.4, -0.2) is 10.8 Å². The van der Waals surface area contributed by atoms with E-state index in [1.54, 1.807) is 23.1 Å². The van der Waals surface area contributed by atoms with Gasteiger partial charge in [0.05, 0.1) is 0 Å². The monoisotopic (exact) mass is 485 g/mol. The van der Waals surface area contributed by atoms with E-state index < -0.39 is 24.0 Å². The first-order chi connectivity index (χ1) is 8.62. The van der Waals surface area contributed by atoms with Crippen molar-refractivity contribution < 1.29 is 13.2 Å². The molecule has 0 nitrogen and oxygen atoms in total. The third-order valence-electron chi connectivity index (χ3n) is 6.07. The number of hydrogen-bond acceptors (Lipinski definition) is 0. The van der Waals surface area contributed by atoms with E-state index in [-0.39, 0.29) is 24.8 Å². The Morgan fingerprint density at radius 2 is 1.23 bits per heavy atom. The van der Waals surface area contributed by atoms with Gasteiger partial charge in [-0.05, 0) is 0 Å². The minimum atomic E-state index is -3.88. The van der Waals surface area contributed by atoms with Crippen molar-refractivity contribution >= 4 is 35.6 Å². The number of allylic oxidation sites excluding steroid dienone is 8. The van der Waals surface area contributed by atoms with Crippen molar-refractivity contribution in [3.63, 3.8) is 0 Å². The molecule has 1 heterocycles. The minimum Gasteiger partial charge on any atom is -0.147 e. The van der Waals surface area contributed by atoms with Crippen LogP contribution in [0, 0.1) is 0 Å². The Morgan fingerprint density at radius 3 is 1.55 bits per heavy atom. The van der Waals surface area contributed by atoms with E-state index in [2.05, 4.69) is 69.1 Å². The third kappa shape index (κ3) is 3.10. The van der Waals surface area contributed by atoms with Crippen molar-refractivity contribution in [2.75, 3.05) is 0 Å². The zero-order valence-corrected chi connectivity index (χ0v) is 21.7. The fourth-order valence-corrected chi connectivity index (χ4v) is 78.7. The molecule has 0 radical (unpaired) electrons. The molecule has 0 atom stereocenters. The largest absolute Gasteiger partial charge is 0.147 e. The second-order valence-electron chi connectivity index (χ2n) is 11.6. The van der Waals surface area contributed by atoms with Crippen LogP contribution in [-0.2, 0) is 13.2 Å². The van der Waals surface area contributed by atoms with E-state index >= 15 is 0 Å². The molecule has 22 heavy (non-hydrogen) atoms. The van der Waals surface area contributed by atoms with Crippen LogP contribution in [0.25, 0.3) is 0 Å². The maximum absolute atomic E-state index is 3.88. The molecule has 0 spiro atoms. The predicted octanol–water partition coefficient (Wildman–Crippen LogP) is 7.43. The standard InChI is InChI=1S/C8H12As.C5H5.5CH3.2ClH.Zr/c1-5-6(2)8(4)9-7(5)3;1-2-4-5-3-1;;;;;;;;/h1-4H3;1-3H,4H2;5*1H3;2*1H;/q-1;;;;;;;;;+1. The van der Waals surface area contributed by atoms with E-state index in [0.717, 1.165) is 0 Å². The van der Waals surface area contributed by atoms with Gasteiger partial charge in [-0.2, -0.15) is 0 Å². The van der Waals surface area contributed by atoms with Gasteiger partial charge in [-0.25, -0.2) is 0 Å². The van der Waals surface area contributed by atoms with Gasteiger partial charge in [-0.1, -0.05) is 0 Å². The normalized spacial score (nSPS) is 24.0. The molecule has 0 aromatic heterocycles.